The second kappa shape index (κ2) is 9.95. The lowest BCUT2D eigenvalue weighted by Crippen LogP contribution is -2.06. The van der Waals surface area contributed by atoms with Gasteiger partial charge in [0.25, 0.3) is 0 Å². The predicted octanol–water partition coefficient (Wildman–Crippen LogP) is 10.0. The Labute approximate surface area is 267 Å². The lowest BCUT2D eigenvalue weighted by molar-refractivity contribution is 0.620. The van der Waals surface area contributed by atoms with E-state index in [1.807, 2.05) is 91.0 Å². The number of rotatable bonds is 4. The minimum absolute atomic E-state index is 0.484. The van der Waals surface area contributed by atoms with Crippen LogP contribution >= 0.6 is 0 Å². The monoisotopic (exact) mass is 605 g/mol. The average Bonchev–Trinajstić information content (AvgIpc) is 3.83. The highest BCUT2D eigenvalue weighted by molar-refractivity contribution is 6.09. The zero-order chi connectivity index (χ0) is 30.9. The molecule has 6 aromatic carbocycles. The molecule has 0 aliphatic rings. The Morgan fingerprint density at radius 1 is 0.447 bits per heavy atom. The van der Waals surface area contributed by atoms with Gasteiger partial charge in [-0.25, -0.2) is 9.97 Å². The van der Waals surface area contributed by atoms with Gasteiger partial charge in [0.05, 0.1) is 16.6 Å². The quantitative estimate of drug-likeness (QED) is 0.199. The Balaban J connectivity index is 1.25. The summed E-state index contributed by atoms with van der Waals surface area (Å²) in [5.41, 5.74) is 7.42. The van der Waals surface area contributed by atoms with Crippen LogP contribution in [0.2, 0.25) is 0 Å². The van der Waals surface area contributed by atoms with Crippen molar-refractivity contribution >= 4 is 54.8 Å². The molecule has 0 aliphatic carbocycles. The van der Waals surface area contributed by atoms with Crippen LogP contribution < -0.4 is 0 Å². The highest BCUT2D eigenvalue weighted by Gasteiger charge is 2.21. The fourth-order valence-corrected chi connectivity index (χ4v) is 6.55. The maximum atomic E-state index is 6.41. The summed E-state index contributed by atoms with van der Waals surface area (Å²) in [6.07, 6.45) is 0. The average molecular weight is 606 g/mol. The molecule has 7 nitrogen and oxygen atoms in total. The molecule has 0 saturated carbocycles. The first kappa shape index (κ1) is 25.7. The van der Waals surface area contributed by atoms with Crippen LogP contribution in [-0.4, -0.2) is 24.5 Å². The fraction of sp³-hybridized carbons (Fsp3) is 0. The van der Waals surface area contributed by atoms with Crippen molar-refractivity contribution in [2.24, 2.45) is 0 Å². The summed E-state index contributed by atoms with van der Waals surface area (Å²) in [5.74, 6) is 2.05. The van der Waals surface area contributed by atoms with Crippen molar-refractivity contribution in [3.8, 4) is 40.2 Å². The van der Waals surface area contributed by atoms with Gasteiger partial charge in [0.2, 0.25) is 11.8 Å². The minimum Gasteiger partial charge on any atom is -0.456 e. The number of hydrogen-bond donors (Lipinski definition) is 0. The zero-order valence-corrected chi connectivity index (χ0v) is 24.8. The van der Waals surface area contributed by atoms with E-state index in [9.17, 15) is 0 Å². The topological polar surface area (TPSA) is 82.8 Å². The Hall–Kier alpha value is -6.60. The lowest BCUT2D eigenvalue weighted by Gasteiger charge is -2.11. The Bertz CT molecular complexity index is 2760. The molecule has 10 rings (SSSR count). The summed E-state index contributed by atoms with van der Waals surface area (Å²) in [6, 6.07) is 46.6. The number of benzene rings is 6. The van der Waals surface area contributed by atoms with E-state index in [0.717, 1.165) is 66.0 Å². The predicted molar refractivity (Wildman–Crippen MR) is 185 cm³/mol. The maximum Gasteiger partial charge on any atom is 0.238 e. The van der Waals surface area contributed by atoms with Gasteiger partial charge in [0, 0.05) is 32.7 Å². The van der Waals surface area contributed by atoms with Gasteiger partial charge in [-0.15, -0.1) is 0 Å². The molecule has 0 fully saturated rings. The van der Waals surface area contributed by atoms with Gasteiger partial charge in [-0.05, 0) is 54.6 Å². The number of oxazole rings is 1. The van der Waals surface area contributed by atoms with Gasteiger partial charge >= 0.3 is 0 Å². The van der Waals surface area contributed by atoms with Gasteiger partial charge in [0.1, 0.15) is 16.7 Å². The van der Waals surface area contributed by atoms with E-state index in [1.54, 1.807) is 0 Å². The summed E-state index contributed by atoms with van der Waals surface area (Å²) in [4.78, 5) is 20.1. The Morgan fingerprint density at radius 3 is 1.94 bits per heavy atom. The molecule has 0 N–H and O–H groups in total. The molecule has 220 valence electrons. The maximum absolute atomic E-state index is 6.41. The van der Waals surface area contributed by atoms with Gasteiger partial charge in [0.15, 0.2) is 17.2 Å². The number of nitrogens with zero attached hydrogens (tertiary/aromatic N) is 5. The van der Waals surface area contributed by atoms with E-state index in [0.29, 0.717) is 29.1 Å². The fourth-order valence-electron chi connectivity index (χ4n) is 6.55. The third kappa shape index (κ3) is 4.00. The minimum atomic E-state index is 0.484. The van der Waals surface area contributed by atoms with Gasteiger partial charge < -0.3 is 8.83 Å². The van der Waals surface area contributed by atoms with Gasteiger partial charge in [-0.1, -0.05) is 84.9 Å². The van der Waals surface area contributed by atoms with Gasteiger partial charge in [-0.2, -0.15) is 9.97 Å². The summed E-state index contributed by atoms with van der Waals surface area (Å²) >= 11 is 0. The van der Waals surface area contributed by atoms with Crippen molar-refractivity contribution in [3.63, 3.8) is 0 Å². The van der Waals surface area contributed by atoms with Crippen molar-refractivity contribution in [2.75, 3.05) is 0 Å². The lowest BCUT2D eigenvalue weighted by atomic mass is 10.1. The number of fused-ring (bicyclic) bond motifs is 7. The largest absolute Gasteiger partial charge is 0.456 e. The molecule has 0 amide bonds. The molecular formula is C40H23N5O2. The molecule has 0 aliphatic heterocycles. The molecule has 0 bridgehead atoms. The molecule has 47 heavy (non-hydrogen) atoms. The molecule has 7 heteroatoms. The third-order valence-electron chi connectivity index (χ3n) is 8.72. The highest BCUT2D eigenvalue weighted by atomic mass is 16.3. The molecule has 0 radical (unpaired) electrons. The molecule has 4 heterocycles. The van der Waals surface area contributed by atoms with Crippen LogP contribution in [0.4, 0.5) is 0 Å². The summed E-state index contributed by atoms with van der Waals surface area (Å²) in [5, 5.41) is 4.36. The van der Waals surface area contributed by atoms with Crippen LogP contribution in [0.1, 0.15) is 0 Å². The summed E-state index contributed by atoms with van der Waals surface area (Å²) in [7, 11) is 0. The van der Waals surface area contributed by atoms with E-state index < -0.39 is 0 Å². The van der Waals surface area contributed by atoms with Crippen molar-refractivity contribution in [1.82, 2.24) is 24.5 Å². The van der Waals surface area contributed by atoms with Crippen LogP contribution in [0.3, 0.4) is 0 Å². The zero-order valence-electron chi connectivity index (χ0n) is 24.8. The molecule has 4 aromatic heterocycles. The number of para-hydroxylation sites is 4. The second-order valence-electron chi connectivity index (χ2n) is 11.5. The molecule has 0 atom stereocenters. The summed E-state index contributed by atoms with van der Waals surface area (Å²) < 4.78 is 14.8. The number of aromatic nitrogens is 5. The van der Waals surface area contributed by atoms with Crippen molar-refractivity contribution in [1.29, 1.82) is 0 Å². The van der Waals surface area contributed by atoms with E-state index in [1.165, 1.54) is 0 Å². The Kier molecular flexibility index (Phi) is 5.44. The molecule has 10 aromatic rings. The van der Waals surface area contributed by atoms with Crippen LogP contribution in [0.25, 0.3) is 95.0 Å². The normalized spacial score (nSPS) is 11.8. The van der Waals surface area contributed by atoms with E-state index >= 15 is 0 Å². The highest BCUT2D eigenvalue weighted by Crippen LogP contribution is 2.36. The molecule has 0 unspecified atom stereocenters. The van der Waals surface area contributed by atoms with Crippen LogP contribution in [0, 0.1) is 0 Å². The van der Waals surface area contributed by atoms with Crippen LogP contribution in [0.5, 0.6) is 0 Å². The van der Waals surface area contributed by atoms with Crippen LogP contribution in [-0.2, 0) is 0 Å². The third-order valence-corrected chi connectivity index (χ3v) is 8.72. The molecular weight excluding hydrogens is 582 g/mol. The molecule has 0 saturated heterocycles. The van der Waals surface area contributed by atoms with Crippen molar-refractivity contribution in [2.45, 2.75) is 0 Å². The van der Waals surface area contributed by atoms with E-state index in [2.05, 4.69) is 53.1 Å². The van der Waals surface area contributed by atoms with Crippen molar-refractivity contribution < 1.29 is 8.83 Å². The molecule has 0 spiro atoms. The SMILES string of the molecule is c1ccc(-c2nc3cccc(-c4nc(-c5ccc6c(c5)oc5ccccc56)nc(-n5c6ccccc6c6ccccc65)n4)c3o2)cc1. The summed E-state index contributed by atoms with van der Waals surface area (Å²) in [6.45, 7) is 0. The van der Waals surface area contributed by atoms with Gasteiger partial charge in [-0.3, -0.25) is 4.57 Å². The number of furan rings is 1. The Morgan fingerprint density at radius 2 is 1.13 bits per heavy atom. The van der Waals surface area contributed by atoms with Crippen molar-refractivity contribution in [3.05, 3.63) is 140 Å². The van der Waals surface area contributed by atoms with E-state index in [4.69, 9.17) is 28.8 Å². The first-order valence-electron chi connectivity index (χ1n) is 15.4. The smallest absolute Gasteiger partial charge is 0.238 e. The van der Waals surface area contributed by atoms with E-state index in [-0.39, 0.29) is 0 Å². The van der Waals surface area contributed by atoms with Crippen LogP contribution in [0.15, 0.2) is 148 Å². The standard InChI is InChI=1S/C40H23N5O2/c1-2-11-24(12-3-1)39-41-31-17-10-16-30(36(31)47-39)38-42-37(25-21-22-29-28-15-6-9-20-34(28)46-35(29)23-25)43-40(44-38)45-32-18-7-4-13-26(32)27-14-5-8-19-33(27)45/h1-23H. The number of hydrogen-bond acceptors (Lipinski definition) is 6. The first-order chi connectivity index (χ1) is 23.3. The second-order valence-corrected chi connectivity index (χ2v) is 11.5. The first-order valence-corrected chi connectivity index (χ1v) is 15.4.